The van der Waals surface area contributed by atoms with Crippen LogP contribution in [-0.2, 0) is 20.7 Å². The van der Waals surface area contributed by atoms with Crippen LogP contribution in [0.15, 0.2) is 42.5 Å². The average Bonchev–Trinajstić information content (AvgIpc) is 2.67. The number of hydrogen-bond donors (Lipinski definition) is 1. The van der Waals surface area contributed by atoms with Gasteiger partial charge in [-0.25, -0.2) is 0 Å². The minimum Gasteiger partial charge on any atom is -0.492 e. The van der Waals surface area contributed by atoms with Crippen LogP contribution in [0.2, 0.25) is 5.02 Å². The summed E-state index contributed by atoms with van der Waals surface area (Å²) in [6, 6.07) is 11.8. The quantitative estimate of drug-likeness (QED) is 0.610. The Hall–Kier alpha value is -2.86. The normalized spacial score (nSPS) is 16.3. The summed E-state index contributed by atoms with van der Waals surface area (Å²) in [4.78, 5) is 36.2. The van der Waals surface area contributed by atoms with Crippen LogP contribution in [0, 0.1) is 5.92 Å². The van der Waals surface area contributed by atoms with Crippen LogP contribution in [0.4, 0.5) is 5.69 Å². The Labute approximate surface area is 167 Å². The van der Waals surface area contributed by atoms with Crippen molar-refractivity contribution in [3.8, 4) is 5.75 Å². The third kappa shape index (κ3) is 4.70. The third-order valence-corrected chi connectivity index (χ3v) is 4.70. The summed E-state index contributed by atoms with van der Waals surface area (Å²) in [5, 5.41) is 3.22. The molecule has 1 aliphatic heterocycles. The Balaban J connectivity index is 1.59. The zero-order valence-electron chi connectivity index (χ0n) is 15.5. The maximum absolute atomic E-state index is 12.4. The van der Waals surface area contributed by atoms with Gasteiger partial charge < -0.3 is 14.8 Å². The topological polar surface area (TPSA) is 81.7 Å². The molecule has 0 aliphatic carbocycles. The number of benzene rings is 2. The lowest BCUT2D eigenvalue weighted by Gasteiger charge is -2.25. The summed E-state index contributed by atoms with van der Waals surface area (Å²) in [6.07, 6.45) is -0.557. The van der Waals surface area contributed by atoms with Gasteiger partial charge in [-0.15, -0.1) is 0 Å². The van der Waals surface area contributed by atoms with E-state index in [0.717, 1.165) is 5.56 Å². The van der Waals surface area contributed by atoms with Gasteiger partial charge in [0.1, 0.15) is 12.4 Å². The lowest BCUT2D eigenvalue weighted by molar-refractivity contribution is -0.158. The second kappa shape index (κ2) is 8.44. The van der Waals surface area contributed by atoms with E-state index in [9.17, 15) is 14.4 Å². The number of esters is 1. The molecular weight excluding hydrogens is 382 g/mol. The zero-order valence-corrected chi connectivity index (χ0v) is 16.3. The van der Waals surface area contributed by atoms with E-state index < -0.39 is 23.9 Å². The van der Waals surface area contributed by atoms with Crippen LogP contribution in [-0.4, -0.2) is 30.4 Å². The smallest absolute Gasteiger partial charge is 0.313 e. The van der Waals surface area contributed by atoms with Crippen LogP contribution in [0.25, 0.3) is 0 Å². The molecule has 0 bridgehead atoms. The van der Waals surface area contributed by atoms with Crippen molar-refractivity contribution in [1.82, 2.24) is 0 Å². The highest BCUT2D eigenvalue weighted by Gasteiger charge is 2.30. The molecule has 2 aromatic rings. The number of ketones is 1. The number of anilines is 1. The SMILES string of the molecule is CC(=O)c1cccc(NC(=O)[C@H](C)OC(=O)[C@H]2COc3ccc(Cl)cc3C2)c1. The van der Waals surface area contributed by atoms with E-state index in [2.05, 4.69) is 5.32 Å². The summed E-state index contributed by atoms with van der Waals surface area (Å²) < 4.78 is 10.9. The summed E-state index contributed by atoms with van der Waals surface area (Å²) >= 11 is 5.99. The Morgan fingerprint density at radius 1 is 1.21 bits per heavy atom. The fourth-order valence-corrected chi connectivity index (χ4v) is 3.09. The molecule has 0 spiro atoms. The van der Waals surface area contributed by atoms with Crippen molar-refractivity contribution >= 4 is 34.9 Å². The van der Waals surface area contributed by atoms with Crippen LogP contribution in [0.5, 0.6) is 5.75 Å². The maximum atomic E-state index is 12.4. The molecule has 0 fully saturated rings. The van der Waals surface area contributed by atoms with E-state index in [1.807, 2.05) is 0 Å². The minimum absolute atomic E-state index is 0.103. The van der Waals surface area contributed by atoms with Crippen LogP contribution < -0.4 is 10.1 Å². The fraction of sp³-hybridized carbons (Fsp3) is 0.286. The largest absolute Gasteiger partial charge is 0.492 e. The number of carbonyl (C=O) groups is 3. The van der Waals surface area contributed by atoms with Crippen LogP contribution in [0.3, 0.4) is 0 Å². The Morgan fingerprint density at radius 2 is 2.00 bits per heavy atom. The molecule has 28 heavy (non-hydrogen) atoms. The van der Waals surface area contributed by atoms with Gasteiger partial charge in [0, 0.05) is 16.3 Å². The van der Waals surface area contributed by atoms with Crippen molar-refractivity contribution in [3.63, 3.8) is 0 Å². The number of hydrogen-bond acceptors (Lipinski definition) is 5. The van der Waals surface area contributed by atoms with E-state index in [1.165, 1.54) is 13.8 Å². The first-order valence-electron chi connectivity index (χ1n) is 8.87. The number of halogens is 1. The van der Waals surface area contributed by atoms with Gasteiger partial charge in [0.05, 0.1) is 5.92 Å². The molecule has 2 atom stereocenters. The molecule has 7 heteroatoms. The predicted molar refractivity (Wildman–Crippen MR) is 105 cm³/mol. The highest BCUT2D eigenvalue weighted by molar-refractivity contribution is 6.30. The number of fused-ring (bicyclic) bond motifs is 1. The number of amides is 1. The molecule has 3 rings (SSSR count). The lowest BCUT2D eigenvalue weighted by atomic mass is 9.97. The molecule has 0 saturated carbocycles. The molecule has 0 radical (unpaired) electrons. The summed E-state index contributed by atoms with van der Waals surface area (Å²) in [5.74, 6) is -0.903. The first-order valence-corrected chi connectivity index (χ1v) is 9.25. The van der Waals surface area contributed by atoms with Gasteiger partial charge in [-0.3, -0.25) is 14.4 Å². The van der Waals surface area contributed by atoms with Gasteiger partial charge in [-0.1, -0.05) is 23.7 Å². The molecule has 0 saturated heterocycles. The summed E-state index contributed by atoms with van der Waals surface area (Å²) in [6.45, 7) is 3.13. The number of rotatable bonds is 5. The van der Waals surface area contributed by atoms with Gasteiger partial charge in [0.2, 0.25) is 0 Å². The average molecular weight is 402 g/mol. The van der Waals surface area contributed by atoms with Crippen molar-refractivity contribution in [3.05, 3.63) is 58.6 Å². The van der Waals surface area contributed by atoms with Crippen molar-refractivity contribution in [1.29, 1.82) is 0 Å². The molecule has 1 aliphatic rings. The number of ether oxygens (including phenoxy) is 2. The van der Waals surface area contributed by atoms with Gasteiger partial charge in [0.15, 0.2) is 11.9 Å². The van der Waals surface area contributed by atoms with E-state index in [-0.39, 0.29) is 12.4 Å². The summed E-state index contributed by atoms with van der Waals surface area (Å²) in [7, 11) is 0. The number of Topliss-reactive ketones (excluding diaryl/α,β-unsaturated/α-hetero) is 1. The monoisotopic (exact) mass is 401 g/mol. The fourth-order valence-electron chi connectivity index (χ4n) is 2.90. The Bertz CT molecular complexity index is 927. The van der Waals surface area contributed by atoms with E-state index in [4.69, 9.17) is 21.1 Å². The van der Waals surface area contributed by atoms with Crippen LogP contribution in [0.1, 0.15) is 29.8 Å². The molecule has 6 nitrogen and oxygen atoms in total. The van der Waals surface area contributed by atoms with E-state index >= 15 is 0 Å². The van der Waals surface area contributed by atoms with Crippen LogP contribution >= 0.6 is 11.6 Å². The molecule has 2 aromatic carbocycles. The Morgan fingerprint density at radius 3 is 2.75 bits per heavy atom. The molecule has 1 heterocycles. The summed E-state index contributed by atoms with van der Waals surface area (Å²) in [5.41, 5.74) is 1.78. The highest BCUT2D eigenvalue weighted by Crippen LogP contribution is 2.30. The third-order valence-electron chi connectivity index (χ3n) is 4.46. The van der Waals surface area contributed by atoms with E-state index in [0.29, 0.717) is 28.4 Å². The maximum Gasteiger partial charge on any atom is 0.313 e. The molecule has 0 unspecified atom stereocenters. The van der Waals surface area contributed by atoms with Crippen molar-refractivity contribution in [2.24, 2.45) is 5.92 Å². The van der Waals surface area contributed by atoms with Gasteiger partial charge >= 0.3 is 5.97 Å². The molecule has 1 N–H and O–H groups in total. The van der Waals surface area contributed by atoms with Gasteiger partial charge in [-0.2, -0.15) is 0 Å². The second-order valence-electron chi connectivity index (χ2n) is 6.67. The molecule has 1 amide bonds. The lowest BCUT2D eigenvalue weighted by Crippen LogP contribution is -2.36. The molecule has 0 aromatic heterocycles. The van der Waals surface area contributed by atoms with Crippen molar-refractivity contribution < 1.29 is 23.9 Å². The van der Waals surface area contributed by atoms with Gasteiger partial charge in [-0.05, 0) is 56.2 Å². The second-order valence-corrected chi connectivity index (χ2v) is 7.11. The highest BCUT2D eigenvalue weighted by atomic mass is 35.5. The Kier molecular flexibility index (Phi) is 5.99. The first kappa shape index (κ1) is 19.9. The number of carbonyl (C=O) groups excluding carboxylic acids is 3. The number of nitrogens with one attached hydrogen (secondary N) is 1. The first-order chi connectivity index (χ1) is 13.3. The zero-order chi connectivity index (χ0) is 20.3. The standard InChI is InChI=1S/C21H20ClNO5/c1-12(24)14-4-3-5-18(10-14)23-20(25)13(2)28-21(26)16-8-15-9-17(22)6-7-19(15)27-11-16/h3-7,9-10,13,16H,8,11H2,1-2H3,(H,23,25)/t13-,16+/m0/s1. The molecular formula is C21H20ClNO5. The minimum atomic E-state index is -0.991. The van der Waals surface area contributed by atoms with Crippen molar-refractivity contribution in [2.75, 3.05) is 11.9 Å². The van der Waals surface area contributed by atoms with E-state index in [1.54, 1.807) is 42.5 Å². The van der Waals surface area contributed by atoms with Gasteiger partial charge in [0.25, 0.3) is 5.91 Å². The van der Waals surface area contributed by atoms with Crippen molar-refractivity contribution in [2.45, 2.75) is 26.4 Å². The predicted octanol–water partition coefficient (Wildman–Crippen LogP) is 3.66. The molecule has 146 valence electrons.